The molecule has 1 heterocycles. The Bertz CT molecular complexity index is 615. The van der Waals surface area contributed by atoms with E-state index in [4.69, 9.17) is 9.47 Å². The summed E-state index contributed by atoms with van der Waals surface area (Å²) in [5, 5.41) is 3.26. The predicted molar refractivity (Wildman–Crippen MR) is 88.4 cm³/mol. The van der Waals surface area contributed by atoms with Crippen LogP contribution in [0.25, 0.3) is 0 Å². The number of ether oxygens (including phenoxy) is 2. The number of anilines is 3. The van der Waals surface area contributed by atoms with Gasteiger partial charge in [-0.15, -0.1) is 0 Å². The van der Waals surface area contributed by atoms with Crippen LogP contribution in [0.1, 0.15) is 13.8 Å². The SMILES string of the molecule is CCN(CC)c1cc(Nc2cc(OC)ccc2OC)ncn1. The van der Waals surface area contributed by atoms with Crippen LogP contribution in [0, 0.1) is 0 Å². The van der Waals surface area contributed by atoms with E-state index in [1.807, 2.05) is 24.3 Å². The standard InChI is InChI=1S/C16H22N4O2/c1-5-20(6-2)16-10-15(17-11-18-16)19-13-9-12(21-3)7-8-14(13)22-4/h7-11H,5-6H2,1-4H3,(H,17,18,19). The van der Waals surface area contributed by atoms with Gasteiger partial charge in [-0.05, 0) is 26.0 Å². The minimum absolute atomic E-state index is 0.712. The molecule has 0 bridgehead atoms. The van der Waals surface area contributed by atoms with E-state index in [-0.39, 0.29) is 0 Å². The smallest absolute Gasteiger partial charge is 0.142 e. The van der Waals surface area contributed by atoms with E-state index in [0.29, 0.717) is 5.82 Å². The van der Waals surface area contributed by atoms with Crippen molar-refractivity contribution < 1.29 is 9.47 Å². The normalized spacial score (nSPS) is 10.2. The van der Waals surface area contributed by atoms with Gasteiger partial charge in [0, 0.05) is 25.2 Å². The lowest BCUT2D eigenvalue weighted by molar-refractivity contribution is 0.405. The molecule has 6 nitrogen and oxygen atoms in total. The van der Waals surface area contributed by atoms with Gasteiger partial charge in [-0.3, -0.25) is 0 Å². The Morgan fingerprint density at radius 2 is 1.82 bits per heavy atom. The molecular weight excluding hydrogens is 280 g/mol. The fraction of sp³-hybridized carbons (Fsp3) is 0.375. The van der Waals surface area contributed by atoms with Crippen molar-refractivity contribution in [2.24, 2.45) is 0 Å². The van der Waals surface area contributed by atoms with Gasteiger partial charge in [-0.2, -0.15) is 0 Å². The summed E-state index contributed by atoms with van der Waals surface area (Å²) in [6.07, 6.45) is 1.56. The summed E-state index contributed by atoms with van der Waals surface area (Å²) in [7, 11) is 3.27. The Morgan fingerprint density at radius 1 is 1.05 bits per heavy atom. The van der Waals surface area contributed by atoms with E-state index in [1.165, 1.54) is 0 Å². The molecule has 0 aliphatic rings. The molecule has 0 atom stereocenters. The molecule has 0 fully saturated rings. The van der Waals surface area contributed by atoms with Gasteiger partial charge in [0.1, 0.15) is 29.5 Å². The minimum Gasteiger partial charge on any atom is -0.497 e. The van der Waals surface area contributed by atoms with Crippen molar-refractivity contribution in [2.75, 3.05) is 37.5 Å². The van der Waals surface area contributed by atoms with Crippen molar-refractivity contribution in [3.63, 3.8) is 0 Å². The van der Waals surface area contributed by atoms with Gasteiger partial charge in [0.25, 0.3) is 0 Å². The van der Waals surface area contributed by atoms with Gasteiger partial charge >= 0.3 is 0 Å². The zero-order chi connectivity index (χ0) is 15.9. The van der Waals surface area contributed by atoms with Crippen LogP contribution in [-0.4, -0.2) is 37.3 Å². The van der Waals surface area contributed by atoms with Crippen molar-refractivity contribution in [3.8, 4) is 11.5 Å². The first-order valence-electron chi connectivity index (χ1n) is 7.27. The van der Waals surface area contributed by atoms with Crippen molar-refractivity contribution in [3.05, 3.63) is 30.6 Å². The van der Waals surface area contributed by atoms with Crippen LogP contribution >= 0.6 is 0 Å². The average molecular weight is 302 g/mol. The van der Waals surface area contributed by atoms with Crippen LogP contribution in [0.4, 0.5) is 17.3 Å². The van der Waals surface area contributed by atoms with Crippen molar-refractivity contribution in [1.82, 2.24) is 9.97 Å². The second kappa shape index (κ2) is 7.49. The molecule has 0 radical (unpaired) electrons. The maximum absolute atomic E-state index is 5.37. The van der Waals surface area contributed by atoms with Crippen molar-refractivity contribution >= 4 is 17.3 Å². The van der Waals surface area contributed by atoms with Gasteiger partial charge in [-0.1, -0.05) is 0 Å². The molecule has 0 aliphatic heterocycles. The highest BCUT2D eigenvalue weighted by Crippen LogP contribution is 2.31. The average Bonchev–Trinajstić information content (AvgIpc) is 2.56. The Hall–Kier alpha value is -2.50. The molecule has 0 saturated carbocycles. The fourth-order valence-electron chi connectivity index (χ4n) is 2.19. The van der Waals surface area contributed by atoms with E-state index >= 15 is 0 Å². The molecule has 0 spiro atoms. The molecule has 0 aliphatic carbocycles. The fourth-order valence-corrected chi connectivity index (χ4v) is 2.19. The molecular formula is C16H22N4O2. The number of hydrogen-bond donors (Lipinski definition) is 1. The number of nitrogens with one attached hydrogen (secondary N) is 1. The topological polar surface area (TPSA) is 59.5 Å². The second-order valence-electron chi connectivity index (χ2n) is 4.62. The monoisotopic (exact) mass is 302 g/mol. The molecule has 0 saturated heterocycles. The third-order valence-corrected chi connectivity index (χ3v) is 3.41. The van der Waals surface area contributed by atoms with Crippen LogP contribution < -0.4 is 19.7 Å². The van der Waals surface area contributed by atoms with Crippen LogP contribution in [0.2, 0.25) is 0 Å². The quantitative estimate of drug-likeness (QED) is 0.848. The Labute approximate surface area is 131 Å². The van der Waals surface area contributed by atoms with Gasteiger partial charge < -0.3 is 19.7 Å². The molecule has 118 valence electrons. The third-order valence-electron chi connectivity index (χ3n) is 3.41. The van der Waals surface area contributed by atoms with Gasteiger partial charge in [0.2, 0.25) is 0 Å². The van der Waals surface area contributed by atoms with Crippen LogP contribution in [0.3, 0.4) is 0 Å². The predicted octanol–water partition coefficient (Wildman–Crippen LogP) is 3.08. The molecule has 22 heavy (non-hydrogen) atoms. The lowest BCUT2D eigenvalue weighted by atomic mass is 10.2. The number of hydrogen-bond acceptors (Lipinski definition) is 6. The van der Waals surface area contributed by atoms with Gasteiger partial charge in [0.15, 0.2) is 0 Å². The summed E-state index contributed by atoms with van der Waals surface area (Å²) in [6.45, 7) is 6.00. The van der Waals surface area contributed by atoms with Gasteiger partial charge in [-0.25, -0.2) is 9.97 Å². The summed E-state index contributed by atoms with van der Waals surface area (Å²) in [4.78, 5) is 10.8. The second-order valence-corrected chi connectivity index (χ2v) is 4.62. The van der Waals surface area contributed by atoms with E-state index < -0.39 is 0 Å². The zero-order valence-electron chi connectivity index (χ0n) is 13.5. The number of nitrogens with zero attached hydrogens (tertiary/aromatic N) is 3. The van der Waals surface area contributed by atoms with Crippen molar-refractivity contribution in [1.29, 1.82) is 0 Å². The number of methoxy groups -OCH3 is 2. The zero-order valence-corrected chi connectivity index (χ0v) is 13.5. The van der Waals surface area contributed by atoms with Crippen LogP contribution in [0.15, 0.2) is 30.6 Å². The third kappa shape index (κ3) is 3.58. The molecule has 0 amide bonds. The number of rotatable bonds is 7. The highest BCUT2D eigenvalue weighted by molar-refractivity contribution is 5.67. The molecule has 2 rings (SSSR count). The lowest BCUT2D eigenvalue weighted by Gasteiger charge is -2.20. The highest BCUT2D eigenvalue weighted by Gasteiger charge is 2.09. The summed E-state index contributed by atoms with van der Waals surface area (Å²) in [6, 6.07) is 7.50. The van der Waals surface area contributed by atoms with Crippen LogP contribution in [-0.2, 0) is 0 Å². The first kappa shape index (κ1) is 15.9. The highest BCUT2D eigenvalue weighted by atomic mass is 16.5. The molecule has 2 aromatic rings. The minimum atomic E-state index is 0.712. The molecule has 1 N–H and O–H groups in total. The molecule has 0 unspecified atom stereocenters. The summed E-state index contributed by atoms with van der Waals surface area (Å²) in [5.74, 6) is 3.08. The number of benzene rings is 1. The maximum atomic E-state index is 5.37. The summed E-state index contributed by atoms with van der Waals surface area (Å²) < 4.78 is 10.6. The molecule has 1 aromatic carbocycles. The van der Waals surface area contributed by atoms with Crippen molar-refractivity contribution in [2.45, 2.75) is 13.8 Å². The van der Waals surface area contributed by atoms with Crippen LogP contribution in [0.5, 0.6) is 11.5 Å². The largest absolute Gasteiger partial charge is 0.497 e. The van der Waals surface area contributed by atoms with E-state index in [9.17, 15) is 0 Å². The first-order chi connectivity index (χ1) is 10.7. The number of aromatic nitrogens is 2. The summed E-state index contributed by atoms with van der Waals surface area (Å²) in [5.41, 5.74) is 0.797. The molecule has 1 aromatic heterocycles. The van der Waals surface area contributed by atoms with E-state index in [1.54, 1.807) is 20.5 Å². The first-order valence-corrected chi connectivity index (χ1v) is 7.27. The van der Waals surface area contributed by atoms with E-state index in [2.05, 4.69) is 34.0 Å². The Kier molecular flexibility index (Phi) is 5.41. The Morgan fingerprint density at radius 3 is 2.45 bits per heavy atom. The van der Waals surface area contributed by atoms with Gasteiger partial charge in [0.05, 0.1) is 19.9 Å². The maximum Gasteiger partial charge on any atom is 0.142 e. The molecule has 6 heteroatoms. The Balaban J connectivity index is 2.29. The van der Waals surface area contributed by atoms with E-state index in [0.717, 1.165) is 36.1 Å². The summed E-state index contributed by atoms with van der Waals surface area (Å²) >= 11 is 0. The lowest BCUT2D eigenvalue weighted by Crippen LogP contribution is -2.23.